The molecule has 2 aromatic rings. The smallest absolute Gasteiger partial charge is 0.123 e. The van der Waals surface area contributed by atoms with Gasteiger partial charge in [-0.2, -0.15) is 0 Å². The van der Waals surface area contributed by atoms with Gasteiger partial charge in [-0.1, -0.05) is 36.4 Å². The Bertz CT molecular complexity index is 821. The minimum absolute atomic E-state index is 0.0941. The lowest BCUT2D eigenvalue weighted by Gasteiger charge is -2.60. The number of aryl methyl sites for hydroxylation is 1. The summed E-state index contributed by atoms with van der Waals surface area (Å²) in [6.45, 7) is 5.11. The lowest BCUT2D eigenvalue weighted by molar-refractivity contribution is -0.0261. The average molecular weight is 373 g/mol. The highest BCUT2D eigenvalue weighted by atomic mass is 35.5. The van der Waals surface area contributed by atoms with E-state index in [0.717, 1.165) is 18.4 Å². The molecule has 0 saturated carbocycles. The number of nitrogens with one attached hydrogen (secondary N) is 1. The third-order valence-electron chi connectivity index (χ3n) is 6.75. The fourth-order valence-corrected chi connectivity index (χ4v) is 5.49. The van der Waals surface area contributed by atoms with E-state index in [1.165, 1.54) is 17.2 Å². The summed E-state index contributed by atoms with van der Waals surface area (Å²) < 4.78 is 14.2. The second kappa shape index (κ2) is 6.33. The number of fused-ring (bicyclic) bond motifs is 1. The quantitative estimate of drug-likeness (QED) is 0.610. The lowest BCUT2D eigenvalue weighted by Crippen LogP contribution is -2.73. The number of rotatable bonds is 2. The molecule has 1 aliphatic heterocycles. The Hall–Kier alpha value is -1.42. The molecule has 1 heterocycles. The molecule has 4 heteroatoms. The maximum Gasteiger partial charge on any atom is 0.123 e. The van der Waals surface area contributed by atoms with Gasteiger partial charge < -0.3 is 5.32 Å². The highest BCUT2D eigenvalue weighted by Gasteiger charge is 2.58. The standard InChI is InChI=1S/C22H26ClFN2/c1-21(2)22(25-14-20(23)26(21)3,16-8-6-9-17(24)13-16)19-12-11-15-7-4-5-10-18(15)19/h4-10,13,19-20,25H,11-12,14H2,1-3H3. The van der Waals surface area contributed by atoms with Crippen molar-refractivity contribution in [2.24, 2.45) is 0 Å². The van der Waals surface area contributed by atoms with Crippen molar-refractivity contribution in [3.63, 3.8) is 0 Å². The summed E-state index contributed by atoms with van der Waals surface area (Å²) >= 11 is 6.59. The number of piperazine rings is 1. The fourth-order valence-electron chi connectivity index (χ4n) is 5.17. The molecule has 3 unspecified atom stereocenters. The molecular weight excluding hydrogens is 347 g/mol. The molecule has 0 radical (unpaired) electrons. The van der Waals surface area contributed by atoms with Gasteiger partial charge >= 0.3 is 0 Å². The van der Waals surface area contributed by atoms with E-state index >= 15 is 0 Å². The van der Waals surface area contributed by atoms with Crippen molar-refractivity contribution in [1.29, 1.82) is 0 Å². The van der Waals surface area contributed by atoms with Crippen LogP contribution in [0, 0.1) is 5.82 Å². The lowest BCUT2D eigenvalue weighted by atomic mass is 9.62. The molecule has 2 aliphatic rings. The largest absolute Gasteiger partial charge is 0.303 e. The normalized spacial score (nSPS) is 31.0. The second-order valence-electron chi connectivity index (χ2n) is 8.09. The zero-order valence-corrected chi connectivity index (χ0v) is 16.4. The van der Waals surface area contributed by atoms with E-state index in [4.69, 9.17) is 11.6 Å². The number of nitrogens with zero attached hydrogens (tertiary/aromatic N) is 1. The number of alkyl halides is 1. The molecule has 3 atom stereocenters. The minimum Gasteiger partial charge on any atom is -0.303 e. The summed E-state index contributed by atoms with van der Waals surface area (Å²) in [5, 5.41) is 3.79. The molecule has 0 amide bonds. The van der Waals surface area contributed by atoms with E-state index in [0.29, 0.717) is 6.54 Å². The van der Waals surface area contributed by atoms with Gasteiger partial charge in [0.2, 0.25) is 0 Å². The summed E-state index contributed by atoms with van der Waals surface area (Å²) in [6.07, 6.45) is 2.11. The van der Waals surface area contributed by atoms with Crippen LogP contribution in [0.25, 0.3) is 0 Å². The third-order valence-corrected chi connectivity index (χ3v) is 7.20. The van der Waals surface area contributed by atoms with Gasteiger partial charge in [-0.05, 0) is 62.6 Å². The summed E-state index contributed by atoms with van der Waals surface area (Å²) in [6, 6.07) is 15.8. The molecule has 2 aromatic carbocycles. The summed E-state index contributed by atoms with van der Waals surface area (Å²) in [5.74, 6) is 0.0727. The number of halogens is 2. The van der Waals surface area contributed by atoms with Crippen LogP contribution in [0.15, 0.2) is 48.5 Å². The van der Waals surface area contributed by atoms with Crippen LogP contribution >= 0.6 is 11.6 Å². The fraction of sp³-hybridized carbons (Fsp3) is 0.455. The Labute approximate surface area is 160 Å². The van der Waals surface area contributed by atoms with Gasteiger partial charge in [0.05, 0.1) is 11.0 Å². The van der Waals surface area contributed by atoms with Gasteiger partial charge in [0, 0.05) is 18.0 Å². The van der Waals surface area contributed by atoms with Gasteiger partial charge in [-0.25, -0.2) is 4.39 Å². The van der Waals surface area contributed by atoms with E-state index in [2.05, 4.69) is 61.4 Å². The highest BCUT2D eigenvalue weighted by Crippen LogP contribution is 2.54. The number of likely N-dealkylation sites (N-methyl/N-ethyl adjacent to an activating group) is 1. The third kappa shape index (κ3) is 2.45. The molecule has 138 valence electrons. The molecule has 0 spiro atoms. The topological polar surface area (TPSA) is 15.3 Å². The van der Waals surface area contributed by atoms with Crippen molar-refractivity contribution in [2.75, 3.05) is 13.6 Å². The van der Waals surface area contributed by atoms with Crippen LogP contribution in [0.2, 0.25) is 0 Å². The highest BCUT2D eigenvalue weighted by molar-refractivity contribution is 6.20. The van der Waals surface area contributed by atoms with E-state index in [-0.39, 0.29) is 22.8 Å². The molecule has 0 aromatic heterocycles. The zero-order chi connectivity index (χ0) is 18.5. The van der Waals surface area contributed by atoms with Gasteiger partial charge in [0.25, 0.3) is 0 Å². The van der Waals surface area contributed by atoms with Gasteiger partial charge in [0.15, 0.2) is 0 Å². The van der Waals surface area contributed by atoms with E-state index in [9.17, 15) is 4.39 Å². The molecule has 4 rings (SSSR count). The maximum absolute atomic E-state index is 14.2. The van der Waals surface area contributed by atoms with Crippen LogP contribution in [0.4, 0.5) is 4.39 Å². The number of hydrogen-bond acceptors (Lipinski definition) is 2. The van der Waals surface area contributed by atoms with Crippen molar-refractivity contribution in [3.05, 3.63) is 71.0 Å². The second-order valence-corrected chi connectivity index (χ2v) is 8.60. The maximum atomic E-state index is 14.2. The molecule has 1 aliphatic carbocycles. The molecule has 26 heavy (non-hydrogen) atoms. The van der Waals surface area contributed by atoms with E-state index in [1.54, 1.807) is 6.07 Å². The summed E-state index contributed by atoms with van der Waals surface area (Å²) in [5.41, 5.74) is 2.97. The molecule has 1 fully saturated rings. The Balaban J connectivity index is 1.95. The van der Waals surface area contributed by atoms with E-state index < -0.39 is 5.54 Å². The summed E-state index contributed by atoms with van der Waals surface area (Å²) in [4.78, 5) is 2.23. The van der Waals surface area contributed by atoms with Crippen LogP contribution in [0.3, 0.4) is 0 Å². The molecule has 0 bridgehead atoms. The van der Waals surface area contributed by atoms with Gasteiger partial charge in [-0.15, -0.1) is 11.6 Å². The zero-order valence-electron chi connectivity index (χ0n) is 15.6. The van der Waals surface area contributed by atoms with Gasteiger partial charge in [0.1, 0.15) is 5.82 Å². The molecule has 2 nitrogen and oxygen atoms in total. The Morgan fingerprint density at radius 1 is 1.15 bits per heavy atom. The predicted octanol–water partition coefficient (Wildman–Crippen LogP) is 4.63. The Morgan fingerprint density at radius 3 is 2.69 bits per heavy atom. The van der Waals surface area contributed by atoms with Crippen LogP contribution in [0.5, 0.6) is 0 Å². The Kier molecular flexibility index (Phi) is 4.37. The first kappa shape index (κ1) is 18.0. The van der Waals surface area contributed by atoms with Crippen molar-refractivity contribution in [1.82, 2.24) is 10.2 Å². The van der Waals surface area contributed by atoms with Crippen molar-refractivity contribution in [3.8, 4) is 0 Å². The number of benzene rings is 2. The first-order valence-corrected chi connectivity index (χ1v) is 9.77. The Morgan fingerprint density at radius 2 is 1.92 bits per heavy atom. The van der Waals surface area contributed by atoms with Crippen molar-refractivity contribution < 1.29 is 4.39 Å². The monoisotopic (exact) mass is 372 g/mol. The van der Waals surface area contributed by atoms with E-state index in [1.807, 2.05) is 6.07 Å². The molecule has 1 saturated heterocycles. The molecule has 1 N–H and O–H groups in total. The first-order valence-electron chi connectivity index (χ1n) is 9.34. The van der Waals surface area contributed by atoms with Crippen LogP contribution in [0.1, 0.15) is 42.9 Å². The van der Waals surface area contributed by atoms with Gasteiger partial charge in [-0.3, -0.25) is 4.90 Å². The van der Waals surface area contributed by atoms with Crippen LogP contribution in [-0.4, -0.2) is 29.5 Å². The van der Waals surface area contributed by atoms with Crippen LogP contribution < -0.4 is 5.32 Å². The average Bonchev–Trinajstić information content (AvgIpc) is 3.05. The SMILES string of the molecule is CN1C(Cl)CNC(c2cccc(F)c2)(C2CCc3ccccc32)C1(C)C. The van der Waals surface area contributed by atoms with Crippen molar-refractivity contribution in [2.45, 2.75) is 49.2 Å². The van der Waals surface area contributed by atoms with Crippen LogP contribution in [-0.2, 0) is 12.0 Å². The number of hydrogen-bond donors (Lipinski definition) is 1. The minimum atomic E-state index is -0.415. The summed E-state index contributed by atoms with van der Waals surface area (Å²) in [7, 11) is 2.08. The molecular formula is C22H26ClFN2. The predicted molar refractivity (Wildman–Crippen MR) is 105 cm³/mol. The van der Waals surface area contributed by atoms with Crippen molar-refractivity contribution >= 4 is 11.6 Å². The first-order chi connectivity index (χ1) is 12.4.